The Labute approximate surface area is 168 Å². The lowest BCUT2D eigenvalue weighted by Crippen LogP contribution is -2.58. The van der Waals surface area contributed by atoms with Gasteiger partial charge in [0, 0.05) is 29.6 Å². The number of benzene rings is 2. The third-order valence-electron chi connectivity index (χ3n) is 7.56. The van der Waals surface area contributed by atoms with Crippen LogP contribution in [0.2, 0.25) is 0 Å². The van der Waals surface area contributed by atoms with E-state index in [0.717, 1.165) is 43.5 Å². The Kier molecular flexibility index (Phi) is 4.71. The lowest BCUT2D eigenvalue weighted by molar-refractivity contribution is 0.0581. The first-order valence-electron chi connectivity index (χ1n) is 10.5. The van der Waals surface area contributed by atoms with Crippen molar-refractivity contribution < 1.29 is 4.79 Å². The first-order valence-corrected chi connectivity index (χ1v) is 10.5. The van der Waals surface area contributed by atoms with Crippen molar-refractivity contribution in [3.63, 3.8) is 0 Å². The number of rotatable bonds is 3. The molecule has 0 bridgehead atoms. The van der Waals surface area contributed by atoms with Crippen molar-refractivity contribution >= 4 is 5.78 Å². The van der Waals surface area contributed by atoms with Crippen molar-refractivity contribution in [3.8, 4) is 11.1 Å². The zero-order valence-electron chi connectivity index (χ0n) is 17.6. The molecule has 3 nitrogen and oxygen atoms in total. The average molecular weight is 377 g/mol. The summed E-state index contributed by atoms with van der Waals surface area (Å²) in [5, 5.41) is 0. The van der Waals surface area contributed by atoms with Crippen LogP contribution in [0, 0.1) is 11.3 Å². The van der Waals surface area contributed by atoms with E-state index >= 15 is 0 Å². The molecule has 28 heavy (non-hydrogen) atoms. The van der Waals surface area contributed by atoms with Crippen molar-refractivity contribution in [2.24, 2.45) is 17.1 Å². The Bertz CT molecular complexity index is 921. The molecule has 2 N–H and O–H groups in total. The van der Waals surface area contributed by atoms with Crippen LogP contribution in [0.25, 0.3) is 11.1 Å². The topological polar surface area (TPSA) is 46.3 Å². The van der Waals surface area contributed by atoms with Gasteiger partial charge in [-0.15, -0.1) is 0 Å². The maximum Gasteiger partial charge on any atom is 0.159 e. The minimum Gasteiger partial charge on any atom is -0.321 e. The van der Waals surface area contributed by atoms with Crippen LogP contribution >= 0.6 is 0 Å². The predicted molar refractivity (Wildman–Crippen MR) is 115 cm³/mol. The van der Waals surface area contributed by atoms with Gasteiger partial charge >= 0.3 is 0 Å². The molecule has 1 aliphatic heterocycles. The molecule has 1 saturated heterocycles. The number of carbonyl (C=O) groups excluding carboxylic acids is 1. The van der Waals surface area contributed by atoms with Gasteiger partial charge in [0.1, 0.15) is 0 Å². The van der Waals surface area contributed by atoms with E-state index in [4.69, 9.17) is 5.73 Å². The van der Waals surface area contributed by atoms with Crippen LogP contribution in [0.4, 0.5) is 0 Å². The van der Waals surface area contributed by atoms with Crippen LogP contribution in [0.3, 0.4) is 0 Å². The van der Waals surface area contributed by atoms with Crippen molar-refractivity contribution in [1.29, 1.82) is 0 Å². The van der Waals surface area contributed by atoms with Gasteiger partial charge < -0.3 is 10.6 Å². The molecule has 2 aliphatic rings. The number of carbonyl (C=O) groups is 1. The van der Waals surface area contributed by atoms with Gasteiger partial charge in [0.25, 0.3) is 0 Å². The number of nitrogens with zero attached hydrogens (tertiary/aromatic N) is 1. The molecule has 3 heteroatoms. The molecule has 0 unspecified atom stereocenters. The second-order valence-corrected chi connectivity index (χ2v) is 9.09. The number of hydrogen-bond acceptors (Lipinski definition) is 3. The van der Waals surface area contributed by atoms with E-state index in [1.54, 1.807) is 6.92 Å². The highest BCUT2D eigenvalue weighted by molar-refractivity contribution is 5.95. The lowest BCUT2D eigenvalue weighted by atomic mass is 9.54. The zero-order chi connectivity index (χ0) is 20.1. The molecule has 1 heterocycles. The summed E-state index contributed by atoms with van der Waals surface area (Å²) in [7, 11) is 2.22. The van der Waals surface area contributed by atoms with E-state index < -0.39 is 0 Å². The van der Waals surface area contributed by atoms with E-state index in [2.05, 4.69) is 50.1 Å². The molecule has 2 aromatic rings. The Morgan fingerprint density at radius 2 is 1.96 bits per heavy atom. The Balaban J connectivity index is 1.78. The van der Waals surface area contributed by atoms with Crippen LogP contribution in [-0.4, -0.2) is 30.8 Å². The first kappa shape index (κ1) is 19.4. The maximum atomic E-state index is 11.8. The molecule has 1 aliphatic carbocycles. The summed E-state index contributed by atoms with van der Waals surface area (Å²) in [6, 6.07) is 14.7. The van der Waals surface area contributed by atoms with Gasteiger partial charge in [0.05, 0.1) is 0 Å². The monoisotopic (exact) mass is 376 g/mol. The van der Waals surface area contributed by atoms with Crippen molar-refractivity contribution in [1.82, 2.24) is 4.90 Å². The van der Waals surface area contributed by atoms with Gasteiger partial charge in [0.15, 0.2) is 5.78 Å². The fraction of sp³-hybridized carbons (Fsp3) is 0.480. The first-order chi connectivity index (χ1) is 13.3. The van der Waals surface area contributed by atoms with E-state index in [0.29, 0.717) is 5.92 Å². The van der Waals surface area contributed by atoms with E-state index in [1.807, 2.05) is 18.2 Å². The number of aryl methyl sites for hydroxylation is 1. The van der Waals surface area contributed by atoms with Crippen LogP contribution < -0.4 is 5.73 Å². The number of fused-ring (bicyclic) bond motifs is 1. The molecule has 3 atom stereocenters. The van der Waals surface area contributed by atoms with Crippen LogP contribution in [0.5, 0.6) is 0 Å². The molecule has 0 radical (unpaired) electrons. The normalized spacial score (nSPS) is 29.8. The second-order valence-electron chi connectivity index (χ2n) is 9.09. The predicted octanol–water partition coefficient (Wildman–Crippen LogP) is 4.63. The summed E-state index contributed by atoms with van der Waals surface area (Å²) in [4.78, 5) is 14.2. The summed E-state index contributed by atoms with van der Waals surface area (Å²) in [6.07, 6.45) is 3.18. The van der Waals surface area contributed by atoms with Gasteiger partial charge in [-0.05, 0) is 67.5 Å². The van der Waals surface area contributed by atoms with Gasteiger partial charge in [-0.25, -0.2) is 0 Å². The molecule has 0 amide bonds. The fourth-order valence-electron chi connectivity index (χ4n) is 5.98. The van der Waals surface area contributed by atoms with E-state index in [-0.39, 0.29) is 16.7 Å². The summed E-state index contributed by atoms with van der Waals surface area (Å²) in [5.41, 5.74) is 12.9. The third-order valence-corrected chi connectivity index (χ3v) is 7.56. The van der Waals surface area contributed by atoms with E-state index in [9.17, 15) is 4.79 Å². The number of hydrogen-bond donors (Lipinski definition) is 1. The third kappa shape index (κ3) is 2.75. The summed E-state index contributed by atoms with van der Waals surface area (Å²) >= 11 is 0. The van der Waals surface area contributed by atoms with Crippen molar-refractivity contribution in [2.45, 2.75) is 45.6 Å². The highest BCUT2D eigenvalue weighted by Gasteiger charge is 2.57. The number of ketones is 1. The maximum absolute atomic E-state index is 11.8. The lowest BCUT2D eigenvalue weighted by Gasteiger charge is -2.53. The summed E-state index contributed by atoms with van der Waals surface area (Å²) in [5.74, 6) is 0.704. The minimum atomic E-state index is -0.287. The highest BCUT2D eigenvalue weighted by Crippen LogP contribution is 2.56. The molecule has 1 spiro atoms. The summed E-state index contributed by atoms with van der Waals surface area (Å²) in [6.45, 7) is 8.46. The number of nitrogens with two attached hydrogens (primary N) is 1. The molecule has 1 fully saturated rings. The standard InChI is InChI=1S/C25H32N2O/c1-5-25(26)23-10-9-21(20-8-6-7-19(13-20)18(3)28)14-22(23)11-12-24(25)16-27(4)15-17(24)2/h6-10,13-14,17H,5,11-12,15-16,26H2,1-4H3/t17-,24+,25+/m1/s1. The minimum absolute atomic E-state index is 0.105. The molecule has 148 valence electrons. The smallest absolute Gasteiger partial charge is 0.159 e. The zero-order valence-corrected chi connectivity index (χ0v) is 17.6. The highest BCUT2D eigenvalue weighted by atomic mass is 16.1. The fourth-order valence-corrected chi connectivity index (χ4v) is 5.98. The molecular formula is C25H32N2O. The van der Waals surface area contributed by atoms with Gasteiger partial charge in [-0.2, -0.15) is 0 Å². The second kappa shape index (κ2) is 6.82. The van der Waals surface area contributed by atoms with Crippen LogP contribution in [0.15, 0.2) is 42.5 Å². The molecular weight excluding hydrogens is 344 g/mol. The van der Waals surface area contributed by atoms with Crippen LogP contribution in [0.1, 0.15) is 55.1 Å². The quantitative estimate of drug-likeness (QED) is 0.794. The number of likely N-dealkylation sites (tertiary alicyclic amines) is 1. The van der Waals surface area contributed by atoms with E-state index in [1.165, 1.54) is 16.7 Å². The Morgan fingerprint density at radius 3 is 2.61 bits per heavy atom. The molecule has 2 aromatic carbocycles. The van der Waals surface area contributed by atoms with Gasteiger partial charge in [0.2, 0.25) is 0 Å². The number of Topliss-reactive ketones (excluding diaryl/α,β-unsaturated/α-hetero) is 1. The average Bonchev–Trinajstić information content (AvgIpc) is 2.99. The van der Waals surface area contributed by atoms with Gasteiger partial charge in [-0.3, -0.25) is 4.79 Å². The molecule has 0 aromatic heterocycles. The van der Waals surface area contributed by atoms with Crippen LogP contribution in [-0.2, 0) is 12.0 Å². The summed E-state index contributed by atoms with van der Waals surface area (Å²) < 4.78 is 0. The van der Waals surface area contributed by atoms with Crippen molar-refractivity contribution in [3.05, 3.63) is 59.2 Å². The molecule has 0 saturated carbocycles. The molecule has 4 rings (SSSR count). The Hall–Kier alpha value is -1.97. The van der Waals surface area contributed by atoms with Crippen molar-refractivity contribution in [2.75, 3.05) is 20.1 Å². The largest absolute Gasteiger partial charge is 0.321 e. The SMILES string of the molecule is CC[C@]1(N)c2ccc(-c3cccc(C(C)=O)c3)cc2CC[C@@]12CN(C)C[C@H]2C. The Morgan fingerprint density at radius 1 is 1.21 bits per heavy atom. The van der Waals surface area contributed by atoms with Gasteiger partial charge in [-0.1, -0.05) is 50.2 Å².